The number of fused-ring (bicyclic) bond motifs is 1. The van der Waals surface area contributed by atoms with Crippen molar-refractivity contribution >= 4 is 29.0 Å². The van der Waals surface area contributed by atoms with Crippen LogP contribution in [0.15, 0.2) is 36.8 Å². The van der Waals surface area contributed by atoms with Gasteiger partial charge in [0.05, 0.1) is 11.9 Å². The van der Waals surface area contributed by atoms with E-state index < -0.39 is 5.91 Å². The van der Waals surface area contributed by atoms with Crippen LogP contribution in [-0.2, 0) is 4.79 Å². The number of carbonyl (C=O) groups is 1. The SMILES string of the molecule is NC(=O)/C=C/c1c[nH]c2ncc(-c3ccc(N4CCCC4)nc3)nc12. The van der Waals surface area contributed by atoms with Crippen LogP contribution in [0.3, 0.4) is 0 Å². The van der Waals surface area contributed by atoms with E-state index in [0.717, 1.165) is 35.7 Å². The Balaban J connectivity index is 1.66. The van der Waals surface area contributed by atoms with Gasteiger partial charge in [-0.1, -0.05) is 0 Å². The first kappa shape index (κ1) is 15.3. The predicted octanol–water partition coefficient (Wildman–Crippen LogP) is 2.12. The molecule has 0 saturated carbocycles. The van der Waals surface area contributed by atoms with Crippen molar-refractivity contribution in [2.75, 3.05) is 18.0 Å². The van der Waals surface area contributed by atoms with E-state index in [9.17, 15) is 4.79 Å². The first-order valence-electron chi connectivity index (χ1n) is 8.24. The summed E-state index contributed by atoms with van der Waals surface area (Å²) in [7, 11) is 0. The molecule has 0 aromatic carbocycles. The second-order valence-electron chi connectivity index (χ2n) is 6.03. The number of anilines is 1. The van der Waals surface area contributed by atoms with Gasteiger partial charge in [-0.05, 0) is 31.1 Å². The highest BCUT2D eigenvalue weighted by atomic mass is 16.1. The molecule has 25 heavy (non-hydrogen) atoms. The van der Waals surface area contributed by atoms with Crippen molar-refractivity contribution in [1.82, 2.24) is 19.9 Å². The van der Waals surface area contributed by atoms with Gasteiger partial charge >= 0.3 is 0 Å². The molecule has 0 radical (unpaired) electrons. The summed E-state index contributed by atoms with van der Waals surface area (Å²) in [5.74, 6) is 0.502. The lowest BCUT2D eigenvalue weighted by molar-refractivity contribution is -0.113. The number of primary amides is 1. The minimum absolute atomic E-state index is 0.500. The van der Waals surface area contributed by atoms with Gasteiger partial charge in [0, 0.05) is 42.7 Å². The van der Waals surface area contributed by atoms with Gasteiger partial charge < -0.3 is 15.6 Å². The maximum Gasteiger partial charge on any atom is 0.241 e. The summed E-state index contributed by atoms with van der Waals surface area (Å²) in [6.07, 6.45) is 10.7. The number of rotatable bonds is 4. The molecule has 1 aliphatic heterocycles. The van der Waals surface area contributed by atoms with E-state index in [-0.39, 0.29) is 0 Å². The van der Waals surface area contributed by atoms with E-state index >= 15 is 0 Å². The third kappa shape index (κ3) is 3.08. The zero-order valence-electron chi connectivity index (χ0n) is 13.6. The maximum absolute atomic E-state index is 10.9. The fraction of sp³-hybridized carbons (Fsp3) is 0.222. The number of nitrogens with two attached hydrogens (primary N) is 1. The molecular formula is C18H18N6O. The summed E-state index contributed by atoms with van der Waals surface area (Å²) >= 11 is 0. The number of carbonyl (C=O) groups excluding carboxylic acids is 1. The molecule has 4 rings (SSSR count). The first-order valence-corrected chi connectivity index (χ1v) is 8.24. The monoisotopic (exact) mass is 334 g/mol. The van der Waals surface area contributed by atoms with Crippen molar-refractivity contribution in [1.29, 1.82) is 0 Å². The molecule has 0 spiro atoms. The molecule has 1 fully saturated rings. The molecule has 3 aromatic rings. The third-order valence-electron chi connectivity index (χ3n) is 4.31. The van der Waals surface area contributed by atoms with Crippen LogP contribution < -0.4 is 10.6 Å². The van der Waals surface area contributed by atoms with E-state index in [1.807, 2.05) is 18.3 Å². The van der Waals surface area contributed by atoms with Crippen LogP contribution in [0.4, 0.5) is 5.82 Å². The molecule has 0 bridgehead atoms. The average Bonchev–Trinajstić information content (AvgIpc) is 3.29. The zero-order chi connectivity index (χ0) is 17.2. The van der Waals surface area contributed by atoms with Gasteiger partial charge in [-0.15, -0.1) is 0 Å². The summed E-state index contributed by atoms with van der Waals surface area (Å²) in [4.78, 5) is 29.9. The third-order valence-corrected chi connectivity index (χ3v) is 4.31. The number of nitrogens with zero attached hydrogens (tertiary/aromatic N) is 4. The average molecular weight is 334 g/mol. The molecule has 4 heterocycles. The number of aromatic nitrogens is 4. The van der Waals surface area contributed by atoms with E-state index in [2.05, 4.69) is 24.8 Å². The Hall–Kier alpha value is -3.22. The molecule has 0 atom stereocenters. The van der Waals surface area contributed by atoms with Gasteiger partial charge in [0.1, 0.15) is 11.3 Å². The van der Waals surface area contributed by atoms with E-state index in [0.29, 0.717) is 11.2 Å². The number of pyridine rings is 1. The molecule has 1 aliphatic rings. The summed E-state index contributed by atoms with van der Waals surface area (Å²) in [6, 6.07) is 4.04. The van der Waals surface area contributed by atoms with Gasteiger partial charge in [0.2, 0.25) is 5.91 Å². The number of aromatic amines is 1. The number of hydrogen-bond donors (Lipinski definition) is 2. The fourth-order valence-electron chi connectivity index (χ4n) is 3.02. The minimum atomic E-state index is -0.500. The second kappa shape index (κ2) is 6.35. The lowest BCUT2D eigenvalue weighted by Gasteiger charge is -2.16. The fourth-order valence-corrected chi connectivity index (χ4v) is 3.02. The van der Waals surface area contributed by atoms with E-state index in [1.165, 1.54) is 18.9 Å². The lowest BCUT2D eigenvalue weighted by Crippen LogP contribution is -2.18. The number of nitrogens with one attached hydrogen (secondary N) is 1. The highest BCUT2D eigenvalue weighted by Crippen LogP contribution is 2.24. The van der Waals surface area contributed by atoms with Crippen LogP contribution in [-0.4, -0.2) is 38.9 Å². The number of hydrogen-bond acceptors (Lipinski definition) is 5. The molecule has 0 aliphatic carbocycles. The highest BCUT2D eigenvalue weighted by molar-refractivity contribution is 5.93. The molecule has 3 N–H and O–H groups in total. The Bertz CT molecular complexity index is 938. The van der Waals surface area contributed by atoms with Gasteiger partial charge in [-0.3, -0.25) is 4.79 Å². The molecule has 7 nitrogen and oxygen atoms in total. The Morgan fingerprint density at radius 2 is 2.04 bits per heavy atom. The van der Waals surface area contributed by atoms with E-state index in [4.69, 9.17) is 5.73 Å². The Kier molecular flexibility index (Phi) is 3.89. The Morgan fingerprint density at radius 1 is 1.20 bits per heavy atom. The molecular weight excluding hydrogens is 316 g/mol. The van der Waals surface area contributed by atoms with Crippen molar-refractivity contribution in [2.24, 2.45) is 5.73 Å². The van der Waals surface area contributed by atoms with Crippen molar-refractivity contribution in [3.63, 3.8) is 0 Å². The number of H-pyrrole nitrogens is 1. The van der Waals surface area contributed by atoms with Crippen molar-refractivity contribution < 1.29 is 4.79 Å². The van der Waals surface area contributed by atoms with Crippen LogP contribution in [0, 0.1) is 0 Å². The van der Waals surface area contributed by atoms with Crippen LogP contribution in [0.5, 0.6) is 0 Å². The van der Waals surface area contributed by atoms with Gasteiger partial charge in [-0.2, -0.15) is 0 Å². The molecule has 1 amide bonds. The van der Waals surface area contributed by atoms with Crippen LogP contribution >= 0.6 is 0 Å². The first-order chi connectivity index (χ1) is 12.2. The topological polar surface area (TPSA) is 101 Å². The summed E-state index contributed by atoms with van der Waals surface area (Å²) < 4.78 is 0. The van der Waals surface area contributed by atoms with Gasteiger partial charge in [-0.25, -0.2) is 15.0 Å². The molecule has 0 unspecified atom stereocenters. The van der Waals surface area contributed by atoms with Crippen molar-refractivity contribution in [3.05, 3.63) is 42.4 Å². The van der Waals surface area contributed by atoms with Crippen LogP contribution in [0.25, 0.3) is 28.5 Å². The van der Waals surface area contributed by atoms with Crippen molar-refractivity contribution in [3.8, 4) is 11.3 Å². The van der Waals surface area contributed by atoms with E-state index in [1.54, 1.807) is 18.5 Å². The Morgan fingerprint density at radius 3 is 2.76 bits per heavy atom. The van der Waals surface area contributed by atoms with Gasteiger partial charge in [0.25, 0.3) is 0 Å². The van der Waals surface area contributed by atoms with Gasteiger partial charge in [0.15, 0.2) is 5.65 Å². The van der Waals surface area contributed by atoms with Crippen LogP contribution in [0.1, 0.15) is 18.4 Å². The lowest BCUT2D eigenvalue weighted by atomic mass is 10.2. The number of amides is 1. The smallest absolute Gasteiger partial charge is 0.241 e. The minimum Gasteiger partial charge on any atom is -0.366 e. The Labute approximate surface area is 144 Å². The largest absolute Gasteiger partial charge is 0.366 e. The predicted molar refractivity (Wildman–Crippen MR) is 96.8 cm³/mol. The summed E-state index contributed by atoms with van der Waals surface area (Å²) in [5, 5.41) is 0. The summed E-state index contributed by atoms with van der Waals surface area (Å²) in [6.45, 7) is 2.13. The zero-order valence-corrected chi connectivity index (χ0v) is 13.6. The quantitative estimate of drug-likeness (QED) is 0.712. The standard InChI is InChI=1S/C18H18N6O/c19-15(25)5-3-13-10-21-18-17(13)23-14(11-22-18)12-4-6-16(20-9-12)24-7-1-2-8-24/h3-6,9-11H,1-2,7-8H2,(H2,19,25)(H,21,22)/b5-3+. The molecule has 3 aromatic heterocycles. The van der Waals surface area contributed by atoms with Crippen molar-refractivity contribution in [2.45, 2.75) is 12.8 Å². The summed E-state index contributed by atoms with van der Waals surface area (Å²) in [5.41, 5.74) is 8.92. The maximum atomic E-state index is 10.9. The molecule has 126 valence electrons. The highest BCUT2D eigenvalue weighted by Gasteiger charge is 2.14. The second-order valence-corrected chi connectivity index (χ2v) is 6.03. The molecule has 1 saturated heterocycles. The van der Waals surface area contributed by atoms with Crippen LogP contribution in [0.2, 0.25) is 0 Å². The molecule has 7 heteroatoms. The normalized spacial score (nSPS) is 14.6.